The van der Waals surface area contributed by atoms with E-state index in [4.69, 9.17) is 9.47 Å². The van der Waals surface area contributed by atoms with Gasteiger partial charge >= 0.3 is 0 Å². The minimum absolute atomic E-state index is 0.0273. The first kappa shape index (κ1) is 17.2. The summed E-state index contributed by atoms with van der Waals surface area (Å²) in [5.74, 6) is 0.309. The predicted octanol–water partition coefficient (Wildman–Crippen LogP) is 1.90. The quantitative estimate of drug-likeness (QED) is 0.489. The summed E-state index contributed by atoms with van der Waals surface area (Å²) < 4.78 is 11.0. The third-order valence-electron chi connectivity index (χ3n) is 3.70. The predicted molar refractivity (Wildman–Crippen MR) is 91.6 cm³/mol. The van der Waals surface area contributed by atoms with E-state index in [2.05, 4.69) is 10.5 Å². The van der Waals surface area contributed by atoms with Crippen molar-refractivity contribution in [2.24, 2.45) is 5.10 Å². The molecular weight excluding hydrogens is 342 g/mol. The Morgan fingerprint density at radius 3 is 2.85 bits per heavy atom. The molecule has 0 saturated carbocycles. The van der Waals surface area contributed by atoms with Gasteiger partial charge in [0.2, 0.25) is 6.10 Å². The van der Waals surface area contributed by atoms with Crippen LogP contribution in [0.3, 0.4) is 0 Å². The molecule has 0 unspecified atom stereocenters. The van der Waals surface area contributed by atoms with Crippen molar-refractivity contribution < 1.29 is 24.3 Å². The first-order valence-corrected chi connectivity index (χ1v) is 7.65. The first-order valence-electron chi connectivity index (χ1n) is 7.65. The van der Waals surface area contributed by atoms with Crippen LogP contribution >= 0.6 is 0 Å². The number of rotatable bonds is 4. The minimum Gasteiger partial charge on any atom is -0.507 e. The number of nitrogens with zero attached hydrogens (tertiary/aromatic N) is 2. The minimum atomic E-state index is -0.887. The second-order valence-corrected chi connectivity index (χ2v) is 5.56. The number of hydrogen-bond donors (Lipinski definition) is 2. The number of aryl methyl sites for hydroxylation is 1. The van der Waals surface area contributed by atoms with Crippen LogP contribution in [0.25, 0.3) is 0 Å². The Kier molecular flexibility index (Phi) is 4.70. The summed E-state index contributed by atoms with van der Waals surface area (Å²) in [6.07, 6.45) is 0.243. The van der Waals surface area contributed by atoms with Crippen molar-refractivity contribution >= 4 is 17.8 Å². The third kappa shape index (κ3) is 3.56. The molecule has 2 aromatic rings. The summed E-state index contributed by atoms with van der Waals surface area (Å²) >= 11 is 0. The van der Waals surface area contributed by atoms with Crippen LogP contribution in [0.15, 0.2) is 41.5 Å². The zero-order valence-corrected chi connectivity index (χ0v) is 13.7. The molecule has 1 heterocycles. The number of benzene rings is 2. The number of hydrogen-bond acceptors (Lipinski definition) is 7. The number of nitro groups is 1. The number of ether oxygens (including phenoxy) is 2. The van der Waals surface area contributed by atoms with Crippen molar-refractivity contribution in [2.45, 2.75) is 13.0 Å². The van der Waals surface area contributed by atoms with E-state index in [1.165, 1.54) is 13.0 Å². The van der Waals surface area contributed by atoms with Crippen LogP contribution in [0.1, 0.15) is 11.1 Å². The molecule has 2 aromatic carbocycles. The summed E-state index contributed by atoms with van der Waals surface area (Å²) in [7, 11) is 0. The highest BCUT2D eigenvalue weighted by Crippen LogP contribution is 2.31. The van der Waals surface area contributed by atoms with E-state index in [-0.39, 0.29) is 23.6 Å². The average molecular weight is 357 g/mol. The Morgan fingerprint density at radius 2 is 2.12 bits per heavy atom. The topological polar surface area (TPSA) is 123 Å². The molecule has 9 nitrogen and oxygen atoms in total. The number of carbonyl (C=O) groups excluding carboxylic acids is 1. The van der Waals surface area contributed by atoms with Gasteiger partial charge in [0.25, 0.3) is 11.6 Å². The summed E-state index contributed by atoms with van der Waals surface area (Å²) in [6.45, 7) is 1.56. The van der Waals surface area contributed by atoms with Crippen LogP contribution in [-0.4, -0.2) is 34.9 Å². The number of nitro benzene ring substituents is 1. The lowest BCUT2D eigenvalue weighted by Crippen LogP contribution is -2.42. The standard InChI is InChI=1S/C17H15N3O6/c1-10-6-12(20(23)24)7-11(16(10)21)8-18-19-17(22)15-9-25-13-4-2-3-5-14(13)26-15/h2-8,15,21H,9H2,1H3,(H,19,22)/b18-8-/t15-/m0/s1. The smallest absolute Gasteiger partial charge is 0.284 e. The molecular formula is C17H15N3O6. The number of fused-ring (bicyclic) bond motifs is 1. The molecule has 9 heteroatoms. The number of carbonyl (C=O) groups is 1. The molecule has 0 fully saturated rings. The van der Waals surface area contributed by atoms with Crippen molar-refractivity contribution in [2.75, 3.05) is 6.61 Å². The van der Waals surface area contributed by atoms with E-state index in [0.29, 0.717) is 17.1 Å². The van der Waals surface area contributed by atoms with Crippen LogP contribution in [0.2, 0.25) is 0 Å². The SMILES string of the molecule is Cc1cc([N+](=O)[O-])cc(/C=N\NC(=O)[C@@H]2COc3ccccc3O2)c1O. The van der Waals surface area contributed by atoms with Gasteiger partial charge in [0.05, 0.1) is 11.1 Å². The Labute approximate surface area is 148 Å². The van der Waals surface area contributed by atoms with Crippen molar-refractivity contribution in [3.63, 3.8) is 0 Å². The van der Waals surface area contributed by atoms with E-state index in [0.717, 1.165) is 12.3 Å². The fraction of sp³-hybridized carbons (Fsp3) is 0.176. The molecule has 26 heavy (non-hydrogen) atoms. The number of non-ortho nitro benzene ring substituents is 1. The van der Waals surface area contributed by atoms with E-state index >= 15 is 0 Å². The molecule has 1 aliphatic rings. The van der Waals surface area contributed by atoms with Gasteiger partial charge < -0.3 is 14.6 Å². The number of phenols is 1. The van der Waals surface area contributed by atoms with E-state index < -0.39 is 16.9 Å². The molecule has 134 valence electrons. The molecule has 3 rings (SSSR count). The highest BCUT2D eigenvalue weighted by molar-refractivity contribution is 5.87. The molecule has 0 saturated heterocycles. The molecule has 1 aliphatic heterocycles. The van der Waals surface area contributed by atoms with Gasteiger partial charge in [-0.25, -0.2) is 5.43 Å². The maximum atomic E-state index is 12.1. The Balaban J connectivity index is 1.68. The van der Waals surface area contributed by atoms with Gasteiger partial charge in [-0.3, -0.25) is 14.9 Å². The molecule has 0 bridgehead atoms. The first-order chi connectivity index (χ1) is 12.5. The van der Waals surface area contributed by atoms with Crippen LogP contribution < -0.4 is 14.9 Å². The van der Waals surface area contributed by atoms with E-state index in [9.17, 15) is 20.0 Å². The Bertz CT molecular complexity index is 896. The Morgan fingerprint density at radius 1 is 1.38 bits per heavy atom. The molecule has 0 spiro atoms. The molecule has 1 atom stereocenters. The normalized spacial score (nSPS) is 15.7. The van der Waals surface area contributed by atoms with Gasteiger partial charge in [-0.15, -0.1) is 0 Å². The van der Waals surface area contributed by atoms with Gasteiger partial charge in [-0.2, -0.15) is 5.10 Å². The summed E-state index contributed by atoms with van der Waals surface area (Å²) in [5.41, 5.74) is 2.53. The van der Waals surface area contributed by atoms with Crippen molar-refractivity contribution in [1.82, 2.24) is 5.43 Å². The van der Waals surface area contributed by atoms with Gasteiger partial charge in [0.1, 0.15) is 12.4 Å². The number of amides is 1. The van der Waals surface area contributed by atoms with E-state index in [1.54, 1.807) is 24.3 Å². The van der Waals surface area contributed by atoms with Crippen molar-refractivity contribution in [3.8, 4) is 17.2 Å². The van der Waals surface area contributed by atoms with Gasteiger partial charge in [-0.1, -0.05) is 12.1 Å². The maximum absolute atomic E-state index is 12.1. The zero-order chi connectivity index (χ0) is 18.7. The van der Waals surface area contributed by atoms with Gasteiger partial charge in [0.15, 0.2) is 11.5 Å². The fourth-order valence-corrected chi connectivity index (χ4v) is 2.38. The number of nitrogens with one attached hydrogen (secondary N) is 1. The number of aromatic hydroxyl groups is 1. The van der Waals surface area contributed by atoms with Crippen molar-refractivity contribution in [3.05, 3.63) is 57.6 Å². The third-order valence-corrected chi connectivity index (χ3v) is 3.70. The number of para-hydroxylation sites is 2. The number of phenolic OH excluding ortho intramolecular Hbond substituents is 1. The molecule has 0 radical (unpaired) electrons. The highest BCUT2D eigenvalue weighted by Gasteiger charge is 2.27. The second kappa shape index (κ2) is 7.09. The monoisotopic (exact) mass is 357 g/mol. The second-order valence-electron chi connectivity index (χ2n) is 5.56. The molecule has 2 N–H and O–H groups in total. The fourth-order valence-electron chi connectivity index (χ4n) is 2.38. The lowest BCUT2D eigenvalue weighted by atomic mass is 10.1. The van der Waals surface area contributed by atoms with Crippen LogP contribution in [0.4, 0.5) is 5.69 Å². The van der Waals surface area contributed by atoms with Gasteiger partial charge in [0, 0.05) is 17.7 Å². The molecule has 1 amide bonds. The van der Waals surface area contributed by atoms with Gasteiger partial charge in [-0.05, 0) is 24.6 Å². The van der Waals surface area contributed by atoms with Crippen LogP contribution in [0.5, 0.6) is 17.2 Å². The highest BCUT2D eigenvalue weighted by atomic mass is 16.6. The summed E-state index contributed by atoms with van der Waals surface area (Å²) in [5, 5.41) is 24.6. The van der Waals surface area contributed by atoms with Crippen molar-refractivity contribution in [1.29, 1.82) is 0 Å². The maximum Gasteiger partial charge on any atom is 0.284 e. The number of hydrazone groups is 1. The largest absolute Gasteiger partial charge is 0.507 e. The van der Waals surface area contributed by atoms with Crippen LogP contribution in [0, 0.1) is 17.0 Å². The molecule has 0 aromatic heterocycles. The average Bonchev–Trinajstić information content (AvgIpc) is 2.64. The summed E-state index contributed by atoms with van der Waals surface area (Å²) in [6, 6.07) is 9.37. The lowest BCUT2D eigenvalue weighted by molar-refractivity contribution is -0.384. The zero-order valence-electron chi connectivity index (χ0n) is 13.7. The van der Waals surface area contributed by atoms with Crippen LogP contribution in [-0.2, 0) is 4.79 Å². The lowest BCUT2D eigenvalue weighted by Gasteiger charge is -2.24. The molecule has 0 aliphatic carbocycles. The summed E-state index contributed by atoms with van der Waals surface area (Å²) in [4.78, 5) is 22.4. The Hall–Kier alpha value is -3.62. The van der Waals surface area contributed by atoms with E-state index in [1.807, 2.05) is 0 Å².